The topological polar surface area (TPSA) is 45.6 Å². The van der Waals surface area contributed by atoms with Crippen LogP contribution in [0.2, 0.25) is 0 Å². The van der Waals surface area contributed by atoms with E-state index in [1.54, 1.807) is 6.92 Å². The van der Waals surface area contributed by atoms with Crippen LogP contribution in [-0.4, -0.2) is 52.4 Å². The van der Waals surface area contributed by atoms with Gasteiger partial charge in [-0.05, 0) is 32.8 Å². The van der Waals surface area contributed by atoms with Gasteiger partial charge in [0.1, 0.15) is 0 Å². The lowest BCUT2D eigenvalue weighted by Crippen LogP contribution is -2.50. The van der Waals surface area contributed by atoms with Gasteiger partial charge in [-0.1, -0.05) is 19.3 Å². The highest BCUT2D eigenvalue weighted by Crippen LogP contribution is 2.32. The Kier molecular flexibility index (Phi) is 4.97. The minimum absolute atomic E-state index is 0.0950. The van der Waals surface area contributed by atoms with Crippen molar-refractivity contribution < 1.29 is 9.59 Å². The summed E-state index contributed by atoms with van der Waals surface area (Å²) in [7, 11) is 0. The Balaban J connectivity index is 1.75. The van der Waals surface area contributed by atoms with Crippen LogP contribution in [-0.2, 0) is 4.79 Å². The SMILES string of the molecule is CC(=O)N1CCN(C(=O)c2cc(C)n(C3CCCCC3)c2C)CC1. The van der Waals surface area contributed by atoms with E-state index in [1.165, 1.54) is 37.8 Å². The highest BCUT2D eigenvalue weighted by Gasteiger charge is 2.27. The van der Waals surface area contributed by atoms with E-state index >= 15 is 0 Å². The number of hydrogen-bond donors (Lipinski definition) is 0. The molecule has 1 aliphatic carbocycles. The maximum absolute atomic E-state index is 13.0. The van der Waals surface area contributed by atoms with Gasteiger partial charge in [0.25, 0.3) is 5.91 Å². The van der Waals surface area contributed by atoms with Gasteiger partial charge >= 0.3 is 0 Å². The van der Waals surface area contributed by atoms with Crippen molar-refractivity contribution in [2.75, 3.05) is 26.2 Å². The number of amides is 2. The normalized spacial score (nSPS) is 19.6. The van der Waals surface area contributed by atoms with Crippen molar-refractivity contribution in [1.29, 1.82) is 0 Å². The van der Waals surface area contributed by atoms with Crippen LogP contribution in [0.25, 0.3) is 0 Å². The molecule has 3 rings (SSSR count). The van der Waals surface area contributed by atoms with Gasteiger partial charge < -0.3 is 14.4 Å². The summed E-state index contributed by atoms with van der Waals surface area (Å²) in [6, 6.07) is 2.61. The molecule has 0 radical (unpaired) electrons. The van der Waals surface area contributed by atoms with Gasteiger partial charge in [-0.2, -0.15) is 0 Å². The molecule has 0 atom stereocenters. The van der Waals surface area contributed by atoms with E-state index in [0.717, 1.165) is 11.3 Å². The zero-order valence-corrected chi connectivity index (χ0v) is 15.2. The summed E-state index contributed by atoms with van der Waals surface area (Å²) in [4.78, 5) is 28.1. The number of carbonyl (C=O) groups excluding carboxylic acids is 2. The van der Waals surface area contributed by atoms with Gasteiger partial charge in [-0.3, -0.25) is 9.59 Å². The Bertz CT molecular complexity index is 621. The van der Waals surface area contributed by atoms with Crippen LogP contribution >= 0.6 is 0 Å². The van der Waals surface area contributed by atoms with Crippen LogP contribution in [0.4, 0.5) is 0 Å². The first-order valence-electron chi connectivity index (χ1n) is 9.22. The average Bonchev–Trinajstić information content (AvgIpc) is 2.89. The Morgan fingerprint density at radius 3 is 2.12 bits per heavy atom. The number of hydrogen-bond acceptors (Lipinski definition) is 2. The molecule has 1 saturated carbocycles. The van der Waals surface area contributed by atoms with Crippen molar-refractivity contribution in [2.45, 2.75) is 58.9 Å². The summed E-state index contributed by atoms with van der Waals surface area (Å²) in [5.74, 6) is 0.214. The largest absolute Gasteiger partial charge is 0.345 e. The smallest absolute Gasteiger partial charge is 0.255 e. The Labute approximate surface area is 144 Å². The molecule has 0 unspecified atom stereocenters. The standard InChI is InChI=1S/C19H29N3O2/c1-14-13-18(15(2)22(14)17-7-5-4-6-8-17)19(24)21-11-9-20(10-12-21)16(3)23/h13,17H,4-12H2,1-3H3. The van der Waals surface area contributed by atoms with Gasteiger partial charge in [0.15, 0.2) is 0 Å². The van der Waals surface area contributed by atoms with E-state index in [9.17, 15) is 9.59 Å². The van der Waals surface area contributed by atoms with Gasteiger partial charge in [0.2, 0.25) is 5.91 Å². The summed E-state index contributed by atoms with van der Waals surface area (Å²) in [6.07, 6.45) is 6.36. The molecule has 1 aromatic rings. The second kappa shape index (κ2) is 6.99. The zero-order valence-electron chi connectivity index (χ0n) is 15.2. The quantitative estimate of drug-likeness (QED) is 0.836. The molecule has 1 aliphatic heterocycles. The molecule has 0 aromatic carbocycles. The molecule has 0 spiro atoms. The van der Waals surface area contributed by atoms with Gasteiger partial charge in [0.05, 0.1) is 5.56 Å². The van der Waals surface area contributed by atoms with E-state index in [2.05, 4.69) is 24.5 Å². The lowest BCUT2D eigenvalue weighted by molar-refractivity contribution is -0.130. The molecule has 5 heteroatoms. The first kappa shape index (κ1) is 17.1. The first-order valence-corrected chi connectivity index (χ1v) is 9.22. The minimum atomic E-state index is 0.0950. The third kappa shape index (κ3) is 3.21. The summed E-state index contributed by atoms with van der Waals surface area (Å²) < 4.78 is 2.39. The summed E-state index contributed by atoms with van der Waals surface area (Å²) >= 11 is 0. The van der Waals surface area contributed by atoms with Crippen molar-refractivity contribution in [3.63, 3.8) is 0 Å². The number of aryl methyl sites for hydroxylation is 1. The molecule has 1 saturated heterocycles. The van der Waals surface area contributed by atoms with Crippen molar-refractivity contribution in [2.24, 2.45) is 0 Å². The monoisotopic (exact) mass is 331 g/mol. The molecule has 24 heavy (non-hydrogen) atoms. The number of piperazine rings is 1. The predicted octanol–water partition coefficient (Wildman–Crippen LogP) is 2.91. The maximum Gasteiger partial charge on any atom is 0.255 e. The van der Waals surface area contributed by atoms with Crippen LogP contribution in [0.3, 0.4) is 0 Å². The summed E-state index contributed by atoms with van der Waals surface area (Å²) in [5.41, 5.74) is 3.15. The molecule has 2 heterocycles. The second-order valence-corrected chi connectivity index (χ2v) is 7.24. The van der Waals surface area contributed by atoms with Crippen molar-refractivity contribution in [1.82, 2.24) is 14.4 Å². The Morgan fingerprint density at radius 2 is 1.54 bits per heavy atom. The molecule has 2 amide bonds. The van der Waals surface area contributed by atoms with Crippen molar-refractivity contribution in [3.8, 4) is 0 Å². The number of carbonyl (C=O) groups is 2. The fourth-order valence-electron chi connectivity index (χ4n) is 4.29. The van der Waals surface area contributed by atoms with E-state index in [4.69, 9.17) is 0 Å². The summed E-state index contributed by atoms with van der Waals surface area (Å²) in [6.45, 7) is 8.34. The third-order valence-corrected chi connectivity index (χ3v) is 5.67. The second-order valence-electron chi connectivity index (χ2n) is 7.24. The fourth-order valence-corrected chi connectivity index (χ4v) is 4.29. The summed E-state index contributed by atoms with van der Waals surface area (Å²) in [5, 5.41) is 0. The van der Waals surface area contributed by atoms with E-state index in [-0.39, 0.29) is 11.8 Å². The van der Waals surface area contributed by atoms with Crippen LogP contribution < -0.4 is 0 Å². The number of nitrogens with zero attached hydrogens (tertiary/aromatic N) is 3. The maximum atomic E-state index is 13.0. The lowest BCUT2D eigenvalue weighted by atomic mass is 9.95. The minimum Gasteiger partial charge on any atom is -0.345 e. The molecular weight excluding hydrogens is 302 g/mol. The fraction of sp³-hybridized carbons (Fsp3) is 0.684. The molecule has 5 nitrogen and oxygen atoms in total. The zero-order chi connectivity index (χ0) is 17.3. The highest BCUT2D eigenvalue weighted by molar-refractivity contribution is 5.96. The average molecular weight is 331 g/mol. The lowest BCUT2D eigenvalue weighted by Gasteiger charge is -2.34. The molecular formula is C19H29N3O2. The third-order valence-electron chi connectivity index (χ3n) is 5.67. The molecule has 2 fully saturated rings. The van der Waals surface area contributed by atoms with E-state index < -0.39 is 0 Å². The van der Waals surface area contributed by atoms with Crippen LogP contribution in [0.5, 0.6) is 0 Å². The molecule has 0 bridgehead atoms. The van der Waals surface area contributed by atoms with E-state index in [1.807, 2.05) is 9.80 Å². The molecule has 1 aromatic heterocycles. The predicted molar refractivity (Wildman–Crippen MR) is 94.2 cm³/mol. The van der Waals surface area contributed by atoms with Crippen LogP contribution in [0, 0.1) is 13.8 Å². The first-order chi connectivity index (χ1) is 11.5. The van der Waals surface area contributed by atoms with Crippen molar-refractivity contribution in [3.05, 3.63) is 23.0 Å². The molecule has 132 valence electrons. The van der Waals surface area contributed by atoms with Crippen LogP contribution in [0.15, 0.2) is 6.07 Å². The number of aromatic nitrogens is 1. The van der Waals surface area contributed by atoms with Gasteiger partial charge in [-0.15, -0.1) is 0 Å². The Morgan fingerprint density at radius 1 is 0.958 bits per heavy atom. The van der Waals surface area contributed by atoms with Crippen LogP contribution in [0.1, 0.15) is 66.8 Å². The number of rotatable bonds is 2. The Hall–Kier alpha value is -1.78. The van der Waals surface area contributed by atoms with Crippen molar-refractivity contribution >= 4 is 11.8 Å². The molecule has 0 N–H and O–H groups in total. The molecule has 2 aliphatic rings. The van der Waals surface area contributed by atoms with E-state index in [0.29, 0.717) is 32.2 Å². The van der Waals surface area contributed by atoms with Gasteiger partial charge in [0, 0.05) is 50.5 Å². The van der Waals surface area contributed by atoms with Gasteiger partial charge in [-0.25, -0.2) is 0 Å². The highest BCUT2D eigenvalue weighted by atomic mass is 16.2.